The summed E-state index contributed by atoms with van der Waals surface area (Å²) in [6, 6.07) is 26.3. The van der Waals surface area contributed by atoms with Crippen LogP contribution < -0.4 is 15.0 Å². The van der Waals surface area contributed by atoms with Crippen molar-refractivity contribution in [3.63, 3.8) is 0 Å². The Labute approximate surface area is 204 Å². The Morgan fingerprint density at radius 3 is 2.57 bits per heavy atom. The van der Waals surface area contributed by atoms with Gasteiger partial charge < -0.3 is 15.0 Å². The number of aromatic nitrogens is 1. The fourth-order valence-electron chi connectivity index (χ4n) is 4.62. The van der Waals surface area contributed by atoms with Crippen LogP contribution in [-0.4, -0.2) is 30.6 Å². The van der Waals surface area contributed by atoms with Crippen LogP contribution in [0.3, 0.4) is 0 Å². The lowest BCUT2D eigenvalue weighted by atomic mass is 9.90. The Balaban J connectivity index is 1.23. The highest BCUT2D eigenvalue weighted by Crippen LogP contribution is 2.29. The quantitative estimate of drug-likeness (QED) is 0.369. The van der Waals surface area contributed by atoms with Crippen molar-refractivity contribution in [2.24, 2.45) is 5.92 Å². The first-order valence-corrected chi connectivity index (χ1v) is 12.0. The minimum absolute atomic E-state index is 0.188. The third-order valence-corrected chi connectivity index (χ3v) is 6.44. The summed E-state index contributed by atoms with van der Waals surface area (Å²) in [7, 11) is 0. The zero-order valence-corrected chi connectivity index (χ0v) is 19.5. The molecule has 0 atom stereocenters. The number of carbonyl (C=O) groups excluding carboxylic acids is 1. The lowest BCUT2D eigenvalue weighted by molar-refractivity contribution is -0.118. The Bertz CT molecular complexity index is 1300. The number of fused-ring (bicyclic) bond motifs is 1. The molecule has 1 aromatic heterocycles. The van der Waals surface area contributed by atoms with Crippen LogP contribution in [0.15, 0.2) is 84.9 Å². The highest BCUT2D eigenvalue weighted by atomic mass is 19.1. The molecular formula is C29H28FN3O2. The van der Waals surface area contributed by atoms with Crippen LogP contribution in [0, 0.1) is 11.7 Å². The van der Waals surface area contributed by atoms with Gasteiger partial charge in [-0.25, -0.2) is 9.37 Å². The van der Waals surface area contributed by atoms with E-state index in [1.807, 2.05) is 24.3 Å². The minimum Gasteiger partial charge on any atom is -0.481 e. The number of halogens is 1. The predicted molar refractivity (Wildman–Crippen MR) is 137 cm³/mol. The normalized spacial score (nSPS) is 14.1. The molecule has 1 fully saturated rings. The number of carbonyl (C=O) groups is 1. The Morgan fingerprint density at radius 1 is 0.971 bits per heavy atom. The number of nitrogens with zero attached hydrogens (tertiary/aromatic N) is 2. The Hall–Kier alpha value is -3.93. The van der Waals surface area contributed by atoms with Crippen molar-refractivity contribution in [2.45, 2.75) is 19.3 Å². The molecule has 2 heterocycles. The first kappa shape index (κ1) is 22.8. The van der Waals surface area contributed by atoms with Crippen LogP contribution in [0.2, 0.25) is 0 Å². The number of rotatable bonds is 7. The van der Waals surface area contributed by atoms with Gasteiger partial charge >= 0.3 is 0 Å². The third kappa shape index (κ3) is 5.77. The van der Waals surface area contributed by atoms with Crippen molar-refractivity contribution in [3.8, 4) is 5.75 Å². The van der Waals surface area contributed by atoms with E-state index in [0.717, 1.165) is 49.1 Å². The van der Waals surface area contributed by atoms with Gasteiger partial charge in [-0.3, -0.25) is 4.79 Å². The number of ether oxygens (including phenoxy) is 1. The monoisotopic (exact) mass is 469 g/mol. The second-order valence-electron chi connectivity index (χ2n) is 8.96. The summed E-state index contributed by atoms with van der Waals surface area (Å²) >= 11 is 0. The second-order valence-corrected chi connectivity index (χ2v) is 8.96. The minimum atomic E-state index is -0.404. The van der Waals surface area contributed by atoms with Crippen molar-refractivity contribution in [3.05, 3.63) is 96.3 Å². The van der Waals surface area contributed by atoms with Crippen LogP contribution in [0.5, 0.6) is 5.75 Å². The van der Waals surface area contributed by atoms with E-state index in [-0.39, 0.29) is 12.5 Å². The molecule has 0 aliphatic carbocycles. The van der Waals surface area contributed by atoms with Crippen LogP contribution in [0.4, 0.5) is 15.9 Å². The van der Waals surface area contributed by atoms with Crippen LogP contribution >= 0.6 is 0 Å². The van der Waals surface area contributed by atoms with Gasteiger partial charge in [-0.2, -0.15) is 0 Å². The average Bonchev–Trinajstić information content (AvgIpc) is 2.88. The van der Waals surface area contributed by atoms with Crippen molar-refractivity contribution in [1.82, 2.24) is 4.98 Å². The van der Waals surface area contributed by atoms with E-state index in [1.165, 1.54) is 17.7 Å². The number of para-hydroxylation sites is 1. The number of piperidine rings is 1. The molecule has 0 spiro atoms. The first-order valence-electron chi connectivity index (χ1n) is 12.0. The molecule has 6 heteroatoms. The molecule has 0 radical (unpaired) electrons. The van der Waals surface area contributed by atoms with E-state index in [4.69, 9.17) is 9.72 Å². The third-order valence-electron chi connectivity index (χ3n) is 6.44. The number of benzene rings is 3. The standard InChI is InChI=1S/C29H28FN3O2/c30-24-9-5-10-25(19-24)31-28(34)20-35-26-11-4-8-23-12-13-27(32-29(23)26)33-16-14-22(15-17-33)18-21-6-2-1-3-7-21/h1-13,19,22H,14-18,20H2,(H,31,34). The number of pyridine rings is 1. The SMILES string of the molecule is O=C(COc1cccc2ccc(N3CCC(Cc4ccccc4)CC3)nc12)Nc1cccc(F)c1. The number of nitrogens with one attached hydrogen (secondary N) is 1. The van der Waals surface area contributed by atoms with Gasteiger partial charge in [-0.1, -0.05) is 48.5 Å². The summed E-state index contributed by atoms with van der Waals surface area (Å²) in [4.78, 5) is 19.6. The molecule has 1 saturated heterocycles. The maximum Gasteiger partial charge on any atom is 0.262 e. The van der Waals surface area contributed by atoms with Crippen molar-refractivity contribution in [1.29, 1.82) is 0 Å². The Kier molecular flexibility index (Phi) is 6.89. The van der Waals surface area contributed by atoms with E-state index < -0.39 is 5.82 Å². The zero-order chi connectivity index (χ0) is 24.0. The Morgan fingerprint density at radius 2 is 1.77 bits per heavy atom. The molecule has 4 aromatic rings. The van der Waals surface area contributed by atoms with Gasteiger partial charge in [0.2, 0.25) is 0 Å². The molecule has 1 aliphatic rings. The molecule has 0 bridgehead atoms. The van der Waals surface area contributed by atoms with E-state index in [1.54, 1.807) is 12.1 Å². The molecule has 1 amide bonds. The van der Waals surface area contributed by atoms with Crippen LogP contribution in [0.25, 0.3) is 10.9 Å². The van der Waals surface area contributed by atoms with Gasteiger partial charge in [0.05, 0.1) is 0 Å². The van der Waals surface area contributed by atoms with Crippen LogP contribution in [-0.2, 0) is 11.2 Å². The summed E-state index contributed by atoms with van der Waals surface area (Å²) in [5.41, 5.74) is 2.53. The summed E-state index contributed by atoms with van der Waals surface area (Å²) in [5.74, 6) is 1.40. The number of hydrogen-bond acceptors (Lipinski definition) is 4. The van der Waals surface area contributed by atoms with Gasteiger partial charge in [0.25, 0.3) is 5.91 Å². The summed E-state index contributed by atoms with van der Waals surface area (Å²) < 4.78 is 19.2. The number of hydrogen-bond donors (Lipinski definition) is 1. The lowest BCUT2D eigenvalue weighted by Crippen LogP contribution is -2.34. The van der Waals surface area contributed by atoms with E-state index in [0.29, 0.717) is 17.4 Å². The van der Waals surface area contributed by atoms with E-state index >= 15 is 0 Å². The van der Waals surface area contributed by atoms with Crippen molar-refractivity contribution in [2.75, 3.05) is 29.9 Å². The van der Waals surface area contributed by atoms with E-state index in [9.17, 15) is 9.18 Å². The second kappa shape index (κ2) is 10.6. The molecule has 3 aromatic carbocycles. The zero-order valence-electron chi connectivity index (χ0n) is 19.5. The summed E-state index contributed by atoms with van der Waals surface area (Å²) in [6.07, 6.45) is 3.38. The maximum atomic E-state index is 13.4. The maximum absolute atomic E-state index is 13.4. The summed E-state index contributed by atoms with van der Waals surface area (Å²) in [6.45, 7) is 1.75. The number of amides is 1. The molecule has 0 saturated carbocycles. The largest absolute Gasteiger partial charge is 0.481 e. The predicted octanol–water partition coefficient (Wildman–Crippen LogP) is 5.85. The topological polar surface area (TPSA) is 54.5 Å². The van der Waals surface area contributed by atoms with Gasteiger partial charge in [0.15, 0.2) is 6.61 Å². The molecular weight excluding hydrogens is 441 g/mol. The fourth-order valence-corrected chi connectivity index (χ4v) is 4.62. The van der Waals surface area contributed by atoms with Crippen molar-refractivity contribution >= 4 is 28.3 Å². The number of anilines is 2. The van der Waals surface area contributed by atoms with Gasteiger partial charge in [0.1, 0.15) is 22.9 Å². The van der Waals surface area contributed by atoms with Gasteiger partial charge in [-0.05, 0) is 67.1 Å². The molecule has 1 aliphatic heterocycles. The van der Waals surface area contributed by atoms with Gasteiger partial charge in [-0.15, -0.1) is 0 Å². The average molecular weight is 470 g/mol. The lowest BCUT2D eigenvalue weighted by Gasteiger charge is -2.33. The molecule has 0 unspecified atom stereocenters. The van der Waals surface area contributed by atoms with Crippen LogP contribution in [0.1, 0.15) is 18.4 Å². The highest BCUT2D eigenvalue weighted by Gasteiger charge is 2.21. The van der Waals surface area contributed by atoms with Crippen molar-refractivity contribution < 1.29 is 13.9 Å². The smallest absolute Gasteiger partial charge is 0.262 e. The fraction of sp³-hybridized carbons (Fsp3) is 0.241. The van der Waals surface area contributed by atoms with Gasteiger partial charge in [0, 0.05) is 24.2 Å². The first-order chi connectivity index (χ1) is 17.1. The highest BCUT2D eigenvalue weighted by molar-refractivity contribution is 5.92. The molecule has 5 rings (SSSR count). The molecule has 1 N–H and O–H groups in total. The molecule has 35 heavy (non-hydrogen) atoms. The summed E-state index contributed by atoms with van der Waals surface area (Å²) in [5, 5.41) is 3.61. The molecule has 5 nitrogen and oxygen atoms in total. The van der Waals surface area contributed by atoms with E-state index in [2.05, 4.69) is 46.6 Å². The molecule has 178 valence electrons.